The molecule has 0 fully saturated rings. The molecule has 2 heteroatoms. The molecule has 0 unspecified atom stereocenters. The molecule has 1 N–H and O–H groups in total. The number of benzene rings is 1. The van der Waals surface area contributed by atoms with Crippen molar-refractivity contribution in [2.75, 3.05) is 14.1 Å². The number of nitrogens with one attached hydrogen (secondary N) is 1. The molecule has 1 aromatic carbocycles. The molecule has 0 aromatic heterocycles. The van der Waals surface area contributed by atoms with Crippen LogP contribution in [0.4, 0.5) is 0 Å². The second-order valence-corrected chi connectivity index (χ2v) is 2.64. The first-order valence-electron chi connectivity index (χ1n) is 4.00. The quantitative estimate of drug-likeness (QED) is 0.492. The number of rotatable bonds is 1. The maximum absolute atomic E-state index is 4.14. The van der Waals surface area contributed by atoms with Gasteiger partial charge in [0.25, 0.3) is 0 Å². The van der Waals surface area contributed by atoms with E-state index < -0.39 is 0 Å². The minimum absolute atomic E-state index is 0.938. The van der Waals surface area contributed by atoms with E-state index in [9.17, 15) is 0 Å². The Labute approximate surface area is 73.3 Å². The van der Waals surface area contributed by atoms with Crippen molar-refractivity contribution in [1.29, 1.82) is 0 Å². The van der Waals surface area contributed by atoms with Crippen molar-refractivity contribution in [3.63, 3.8) is 0 Å². The summed E-state index contributed by atoms with van der Waals surface area (Å²) in [6.45, 7) is 2.08. The molecule has 0 spiro atoms. The van der Waals surface area contributed by atoms with Crippen LogP contribution in [0.15, 0.2) is 29.3 Å². The van der Waals surface area contributed by atoms with Gasteiger partial charge in [0.05, 0.1) is 0 Å². The maximum Gasteiger partial charge on any atom is 0.127 e. The van der Waals surface area contributed by atoms with Crippen molar-refractivity contribution >= 4 is 5.84 Å². The number of hydrogen-bond donors (Lipinski definition) is 1. The summed E-state index contributed by atoms with van der Waals surface area (Å²) in [6, 6.07) is 8.19. The highest BCUT2D eigenvalue weighted by Gasteiger charge is 2.01. The fourth-order valence-corrected chi connectivity index (χ4v) is 1.21. The Hall–Kier alpha value is -1.31. The fraction of sp³-hybridized carbons (Fsp3) is 0.300. The lowest BCUT2D eigenvalue weighted by Crippen LogP contribution is -2.20. The number of aryl methyl sites for hydroxylation is 1. The van der Waals surface area contributed by atoms with Gasteiger partial charge in [-0.25, -0.2) is 0 Å². The average molecular weight is 162 g/mol. The molecular formula is C10H14N2. The van der Waals surface area contributed by atoms with Gasteiger partial charge in [0.15, 0.2) is 0 Å². The molecule has 0 aliphatic carbocycles. The van der Waals surface area contributed by atoms with Gasteiger partial charge in [0, 0.05) is 19.7 Å². The van der Waals surface area contributed by atoms with Crippen molar-refractivity contribution < 1.29 is 0 Å². The summed E-state index contributed by atoms with van der Waals surface area (Å²) >= 11 is 0. The normalized spacial score (nSPS) is 11.4. The van der Waals surface area contributed by atoms with E-state index >= 15 is 0 Å². The monoisotopic (exact) mass is 162 g/mol. The molecule has 0 bridgehead atoms. The summed E-state index contributed by atoms with van der Waals surface area (Å²) in [5, 5.41) is 3.06. The van der Waals surface area contributed by atoms with E-state index in [2.05, 4.69) is 29.4 Å². The lowest BCUT2D eigenvalue weighted by Gasteiger charge is -2.07. The fourth-order valence-electron chi connectivity index (χ4n) is 1.21. The Balaban J connectivity index is 3.10. The molecule has 0 aliphatic heterocycles. The Bertz CT molecular complexity index is 290. The van der Waals surface area contributed by atoms with Crippen molar-refractivity contribution in [1.82, 2.24) is 5.32 Å². The molecule has 2 nitrogen and oxygen atoms in total. The van der Waals surface area contributed by atoms with E-state index in [-0.39, 0.29) is 0 Å². The van der Waals surface area contributed by atoms with Gasteiger partial charge in [-0.1, -0.05) is 24.3 Å². The molecule has 0 saturated carbocycles. The maximum atomic E-state index is 4.14. The van der Waals surface area contributed by atoms with Gasteiger partial charge >= 0.3 is 0 Å². The van der Waals surface area contributed by atoms with Crippen LogP contribution < -0.4 is 5.32 Å². The van der Waals surface area contributed by atoms with Crippen molar-refractivity contribution in [3.8, 4) is 0 Å². The second-order valence-electron chi connectivity index (χ2n) is 2.64. The van der Waals surface area contributed by atoms with E-state index in [1.807, 2.05) is 19.2 Å². The van der Waals surface area contributed by atoms with E-state index in [0.717, 1.165) is 5.84 Å². The topological polar surface area (TPSA) is 24.4 Å². The van der Waals surface area contributed by atoms with Crippen LogP contribution >= 0.6 is 0 Å². The van der Waals surface area contributed by atoms with Gasteiger partial charge in [0.1, 0.15) is 5.84 Å². The first-order valence-corrected chi connectivity index (χ1v) is 4.00. The summed E-state index contributed by atoms with van der Waals surface area (Å²) < 4.78 is 0. The molecule has 64 valence electrons. The second kappa shape index (κ2) is 3.90. The summed E-state index contributed by atoms with van der Waals surface area (Å²) in [5.74, 6) is 0.938. The summed E-state index contributed by atoms with van der Waals surface area (Å²) in [7, 11) is 3.67. The van der Waals surface area contributed by atoms with Crippen LogP contribution in [0.5, 0.6) is 0 Å². The van der Waals surface area contributed by atoms with Crippen molar-refractivity contribution in [2.45, 2.75) is 6.92 Å². The standard InChI is InChI=1S/C10H14N2/c1-8-6-4-5-7-9(8)10(11-2)12-3/h4-7H,1-3H3,(H,11,12). The van der Waals surface area contributed by atoms with Crippen LogP contribution in [0.25, 0.3) is 0 Å². The van der Waals surface area contributed by atoms with Crippen LogP contribution in [-0.4, -0.2) is 19.9 Å². The predicted molar refractivity (Wildman–Crippen MR) is 52.7 cm³/mol. The minimum Gasteiger partial charge on any atom is -0.373 e. The largest absolute Gasteiger partial charge is 0.373 e. The molecule has 0 radical (unpaired) electrons. The van der Waals surface area contributed by atoms with E-state index in [1.54, 1.807) is 7.05 Å². The smallest absolute Gasteiger partial charge is 0.127 e. The number of hydrogen-bond acceptors (Lipinski definition) is 1. The zero-order valence-corrected chi connectivity index (χ0v) is 7.76. The number of aliphatic imine (C=N–C) groups is 1. The Morgan fingerprint density at radius 3 is 2.50 bits per heavy atom. The van der Waals surface area contributed by atoms with E-state index in [4.69, 9.17) is 0 Å². The molecular weight excluding hydrogens is 148 g/mol. The van der Waals surface area contributed by atoms with Gasteiger partial charge in [-0.05, 0) is 12.5 Å². The van der Waals surface area contributed by atoms with Gasteiger partial charge < -0.3 is 5.32 Å². The van der Waals surface area contributed by atoms with Crippen LogP contribution in [0.1, 0.15) is 11.1 Å². The molecule has 1 rings (SSSR count). The summed E-state index contributed by atoms with van der Waals surface area (Å²) in [4.78, 5) is 4.14. The Kier molecular flexibility index (Phi) is 2.86. The molecule has 0 aliphatic rings. The molecule has 0 atom stereocenters. The third kappa shape index (κ3) is 1.64. The third-order valence-corrected chi connectivity index (χ3v) is 1.86. The van der Waals surface area contributed by atoms with E-state index in [1.165, 1.54) is 11.1 Å². The van der Waals surface area contributed by atoms with Gasteiger partial charge in [-0.3, -0.25) is 4.99 Å². The van der Waals surface area contributed by atoms with E-state index in [0.29, 0.717) is 0 Å². The van der Waals surface area contributed by atoms with Crippen LogP contribution in [0, 0.1) is 6.92 Å². The Morgan fingerprint density at radius 1 is 1.33 bits per heavy atom. The van der Waals surface area contributed by atoms with Crippen molar-refractivity contribution in [3.05, 3.63) is 35.4 Å². The third-order valence-electron chi connectivity index (χ3n) is 1.86. The molecule has 0 amide bonds. The highest BCUT2D eigenvalue weighted by Crippen LogP contribution is 2.06. The SMILES string of the molecule is C/N=C(\NC)c1ccccc1C. The van der Waals surface area contributed by atoms with Gasteiger partial charge in [0.2, 0.25) is 0 Å². The molecule has 1 aromatic rings. The first kappa shape index (κ1) is 8.78. The zero-order chi connectivity index (χ0) is 8.97. The summed E-state index contributed by atoms with van der Waals surface area (Å²) in [5.41, 5.74) is 2.41. The zero-order valence-electron chi connectivity index (χ0n) is 7.76. The molecule has 0 heterocycles. The molecule has 12 heavy (non-hydrogen) atoms. The predicted octanol–water partition coefficient (Wildman–Crippen LogP) is 1.59. The highest BCUT2D eigenvalue weighted by atomic mass is 14.9. The van der Waals surface area contributed by atoms with Gasteiger partial charge in [-0.2, -0.15) is 0 Å². The van der Waals surface area contributed by atoms with Crippen LogP contribution in [0.3, 0.4) is 0 Å². The van der Waals surface area contributed by atoms with Crippen LogP contribution in [-0.2, 0) is 0 Å². The first-order chi connectivity index (χ1) is 5.79. The number of nitrogens with zero attached hydrogens (tertiary/aromatic N) is 1. The molecule has 0 saturated heterocycles. The summed E-state index contributed by atoms with van der Waals surface area (Å²) in [6.07, 6.45) is 0. The highest BCUT2D eigenvalue weighted by molar-refractivity contribution is 5.99. The average Bonchev–Trinajstić information content (AvgIpc) is 2.10. The Morgan fingerprint density at radius 2 is 2.00 bits per heavy atom. The van der Waals surface area contributed by atoms with Crippen molar-refractivity contribution in [2.24, 2.45) is 4.99 Å². The van der Waals surface area contributed by atoms with Crippen LogP contribution in [0.2, 0.25) is 0 Å². The lowest BCUT2D eigenvalue weighted by molar-refractivity contribution is 1.14. The van der Waals surface area contributed by atoms with Gasteiger partial charge in [-0.15, -0.1) is 0 Å². The number of amidine groups is 1. The lowest BCUT2D eigenvalue weighted by atomic mass is 10.1. The minimum atomic E-state index is 0.938.